The van der Waals surface area contributed by atoms with Crippen molar-refractivity contribution < 1.29 is 18.5 Å². The summed E-state index contributed by atoms with van der Waals surface area (Å²) in [5.41, 5.74) is 9.81. The minimum atomic E-state index is -2.03. The smallest absolute Gasteiger partial charge is 0.296 e. The van der Waals surface area contributed by atoms with Crippen LogP contribution < -0.4 is 0 Å². The summed E-state index contributed by atoms with van der Waals surface area (Å²) in [4.78, 5) is 0. The highest BCUT2D eigenvalue weighted by Crippen LogP contribution is 2.66. The van der Waals surface area contributed by atoms with Crippen molar-refractivity contribution in [3.8, 4) is 0 Å². The molecule has 1 aromatic heterocycles. The second kappa shape index (κ2) is 18.3. The van der Waals surface area contributed by atoms with E-state index in [1.807, 2.05) is 0 Å². The van der Waals surface area contributed by atoms with Crippen molar-refractivity contribution in [2.45, 2.75) is 253 Å². The first-order valence-electron chi connectivity index (χ1n) is 27.2. The summed E-state index contributed by atoms with van der Waals surface area (Å²) in [5, 5.41) is 0. The van der Waals surface area contributed by atoms with Gasteiger partial charge in [0.15, 0.2) is 17.0 Å². The topological polar surface area (TPSA) is 41.9 Å². The van der Waals surface area contributed by atoms with Gasteiger partial charge in [0.25, 0.3) is 8.53 Å². The Bertz CT molecular complexity index is 2350. The molecule has 2 saturated heterocycles. The molecule has 2 atom stereocenters. The van der Waals surface area contributed by atoms with Gasteiger partial charge in [0.05, 0.1) is 0 Å². The van der Waals surface area contributed by atoms with Gasteiger partial charge in [-0.2, -0.15) is 0 Å². The molecule has 2 aliphatic heterocycles. The standard InChI is InChI=1S/C67H96NO4P/c1-57(2,3)43-31-44(58(4,5)6)36-51(35-43)66(52-37-45(59(7,8)9)32-46(38-52)60(10,11)12)55-56(70-65(25,26)69-55)67(72-73(71-66)68-29-27-28-30-68,53-39-47(61(13,14)15)33-48(40-53)62(16,17)18)54-41-49(63(19,20)21)34-50(42-54)64(22,23)24/h27-42,55-56H,1-26H3/t55-,56-/m1/s1. The van der Waals surface area contributed by atoms with Crippen molar-refractivity contribution in [2.24, 2.45) is 0 Å². The Morgan fingerprint density at radius 1 is 0.329 bits per heavy atom. The molecule has 2 aliphatic rings. The Morgan fingerprint density at radius 2 is 0.521 bits per heavy atom. The molecule has 0 radical (unpaired) electrons. The van der Waals surface area contributed by atoms with Gasteiger partial charge in [-0.15, -0.1) is 0 Å². The molecular weight excluding hydrogens is 914 g/mol. The second-order valence-corrected chi connectivity index (χ2v) is 31.9. The summed E-state index contributed by atoms with van der Waals surface area (Å²) in [5.74, 6) is -1.07. The first kappa shape index (κ1) is 57.1. The molecule has 4 aromatic carbocycles. The van der Waals surface area contributed by atoms with Gasteiger partial charge < -0.3 is 9.47 Å². The van der Waals surface area contributed by atoms with E-state index in [2.05, 4.69) is 282 Å². The molecule has 0 unspecified atom stereocenters. The average Bonchev–Trinajstić information content (AvgIpc) is 3.87. The number of rotatable bonds is 5. The zero-order chi connectivity index (χ0) is 54.9. The Kier molecular flexibility index (Phi) is 14.3. The maximum absolute atomic E-state index is 8.48. The van der Waals surface area contributed by atoms with E-state index in [9.17, 15) is 0 Å². The SMILES string of the molecule is CC1(C)O[C@@H]2[C@@H](O1)C(c1cc(C(C)(C)C)cc(C(C)(C)C)c1)(c1cc(C(C)(C)C)cc(C(C)(C)C)c1)OP(n1cccc1)OC2(c1cc(C(C)(C)C)cc(C(C)(C)C)c1)c1cc(C(C)(C)C)cc(C(C)(C)C)c1. The summed E-state index contributed by atoms with van der Waals surface area (Å²) >= 11 is 0. The first-order valence-corrected chi connectivity index (χ1v) is 28.3. The lowest BCUT2D eigenvalue weighted by atomic mass is 9.67. The van der Waals surface area contributed by atoms with Crippen molar-refractivity contribution in [1.29, 1.82) is 0 Å². The lowest BCUT2D eigenvalue weighted by molar-refractivity contribution is -0.174. The predicted molar refractivity (Wildman–Crippen MR) is 310 cm³/mol. The van der Waals surface area contributed by atoms with E-state index >= 15 is 0 Å². The van der Waals surface area contributed by atoms with Gasteiger partial charge >= 0.3 is 0 Å². The van der Waals surface area contributed by atoms with Crippen molar-refractivity contribution >= 4 is 8.53 Å². The molecule has 0 N–H and O–H groups in total. The number of hydrogen-bond acceptors (Lipinski definition) is 4. The summed E-state index contributed by atoms with van der Waals surface area (Å²) in [7, 11) is -2.03. The average molecular weight is 1010 g/mol. The molecule has 0 bridgehead atoms. The number of ether oxygens (including phenoxy) is 2. The lowest BCUT2D eigenvalue weighted by Crippen LogP contribution is -2.54. The highest BCUT2D eigenvalue weighted by Gasteiger charge is 2.68. The molecule has 0 amide bonds. The Hall–Kier alpha value is -3.57. The first-order chi connectivity index (χ1) is 32.9. The van der Waals surface area contributed by atoms with Crippen LogP contribution in [0.3, 0.4) is 0 Å². The highest BCUT2D eigenvalue weighted by atomic mass is 31.2. The van der Waals surface area contributed by atoms with E-state index < -0.39 is 37.7 Å². The van der Waals surface area contributed by atoms with Crippen LogP contribution >= 0.6 is 8.53 Å². The Labute approximate surface area is 445 Å². The van der Waals surface area contributed by atoms with Crippen LogP contribution in [0, 0.1) is 0 Å². The molecule has 5 aromatic rings. The van der Waals surface area contributed by atoms with Gasteiger partial charge in [-0.3, -0.25) is 13.4 Å². The minimum Gasteiger partial charge on any atom is -0.341 e. The van der Waals surface area contributed by atoms with Crippen molar-refractivity contribution in [2.75, 3.05) is 0 Å². The van der Waals surface area contributed by atoms with Crippen LogP contribution in [-0.4, -0.2) is 22.3 Å². The van der Waals surface area contributed by atoms with Crippen LogP contribution in [0.4, 0.5) is 0 Å². The Morgan fingerprint density at radius 3 is 0.699 bits per heavy atom. The van der Waals surface area contributed by atoms with Gasteiger partial charge in [-0.1, -0.05) is 239 Å². The third-order valence-electron chi connectivity index (χ3n) is 15.5. The minimum absolute atomic E-state index is 0.198. The van der Waals surface area contributed by atoms with Crippen LogP contribution in [-0.2, 0) is 73.0 Å². The van der Waals surface area contributed by atoms with E-state index in [-0.39, 0.29) is 43.3 Å². The summed E-state index contributed by atoms with van der Waals surface area (Å²) in [6.45, 7) is 59.9. The molecule has 0 spiro atoms. The van der Waals surface area contributed by atoms with Crippen LogP contribution in [0.15, 0.2) is 97.3 Å². The van der Waals surface area contributed by atoms with E-state index in [1.54, 1.807) is 0 Å². The number of hydrogen-bond donors (Lipinski definition) is 0. The van der Waals surface area contributed by atoms with Gasteiger partial charge in [0, 0.05) is 12.4 Å². The molecular formula is C67H96NO4P. The van der Waals surface area contributed by atoms with Crippen LogP contribution in [0.5, 0.6) is 0 Å². The van der Waals surface area contributed by atoms with Gasteiger partial charge in [0.2, 0.25) is 0 Å². The van der Waals surface area contributed by atoms with Crippen molar-refractivity contribution in [1.82, 2.24) is 4.34 Å². The number of nitrogens with zero attached hydrogens (tertiary/aromatic N) is 1. The fraction of sp³-hybridized carbons (Fsp3) is 0.582. The van der Waals surface area contributed by atoms with E-state index in [1.165, 1.54) is 44.5 Å². The zero-order valence-electron chi connectivity index (χ0n) is 50.4. The molecule has 2 fully saturated rings. The molecule has 0 saturated carbocycles. The summed E-state index contributed by atoms with van der Waals surface area (Å²) in [6.07, 6.45) is 2.71. The third kappa shape index (κ3) is 11.3. The predicted octanol–water partition coefficient (Wildman–Crippen LogP) is 18.4. The molecule has 7 rings (SSSR count). The van der Waals surface area contributed by atoms with Gasteiger partial charge in [-0.05, 0) is 136 Å². The van der Waals surface area contributed by atoms with Crippen LogP contribution in [0.2, 0.25) is 0 Å². The molecule has 398 valence electrons. The summed E-state index contributed by atoms with van der Waals surface area (Å²) in [6, 6.07) is 33.2. The zero-order valence-corrected chi connectivity index (χ0v) is 51.3. The second-order valence-electron chi connectivity index (χ2n) is 30.6. The molecule has 0 aliphatic carbocycles. The Balaban J connectivity index is 1.83. The van der Waals surface area contributed by atoms with Gasteiger partial charge in [0.1, 0.15) is 12.2 Å². The molecule has 5 nitrogen and oxygen atoms in total. The van der Waals surface area contributed by atoms with Crippen LogP contribution in [0.25, 0.3) is 0 Å². The van der Waals surface area contributed by atoms with E-state index in [0.717, 1.165) is 22.3 Å². The normalized spacial score (nSPS) is 20.2. The van der Waals surface area contributed by atoms with Crippen molar-refractivity contribution in [3.63, 3.8) is 0 Å². The quantitative estimate of drug-likeness (QED) is 0.165. The maximum Gasteiger partial charge on any atom is 0.296 e. The lowest BCUT2D eigenvalue weighted by Gasteiger charge is -2.44. The van der Waals surface area contributed by atoms with E-state index in [0.29, 0.717) is 0 Å². The molecule has 73 heavy (non-hydrogen) atoms. The fourth-order valence-corrected chi connectivity index (χ4v) is 12.0. The maximum atomic E-state index is 8.48. The fourth-order valence-electron chi connectivity index (χ4n) is 10.3. The van der Waals surface area contributed by atoms with Crippen molar-refractivity contribution in [3.05, 3.63) is 164 Å². The van der Waals surface area contributed by atoms with Crippen LogP contribution in [0.1, 0.15) is 247 Å². The monoisotopic (exact) mass is 1010 g/mol. The molecule has 6 heteroatoms. The molecule has 3 heterocycles. The third-order valence-corrected chi connectivity index (χ3v) is 17.0. The number of aromatic nitrogens is 1. The largest absolute Gasteiger partial charge is 0.341 e. The summed E-state index contributed by atoms with van der Waals surface area (Å²) < 4.78 is 34.9. The van der Waals surface area contributed by atoms with E-state index in [4.69, 9.17) is 18.5 Å². The highest BCUT2D eigenvalue weighted by molar-refractivity contribution is 7.45. The van der Waals surface area contributed by atoms with Gasteiger partial charge in [-0.25, -0.2) is 0 Å². The number of benzene rings is 4. The number of fused-ring (bicyclic) bond motifs is 1.